The lowest BCUT2D eigenvalue weighted by Gasteiger charge is -2.34. The predicted octanol–water partition coefficient (Wildman–Crippen LogP) is 0.667. The average molecular weight is 449 g/mol. The number of aromatic nitrogens is 3. The van der Waals surface area contributed by atoms with Crippen LogP contribution in [-0.4, -0.2) is 63.2 Å². The summed E-state index contributed by atoms with van der Waals surface area (Å²) in [5, 5.41) is 0. The van der Waals surface area contributed by atoms with E-state index < -0.39 is 11.2 Å². The van der Waals surface area contributed by atoms with Gasteiger partial charge in [-0.25, -0.2) is 4.79 Å². The Hall–Kier alpha value is -3.92. The van der Waals surface area contributed by atoms with E-state index in [0.29, 0.717) is 31.9 Å². The van der Waals surface area contributed by atoms with Gasteiger partial charge >= 0.3 is 5.69 Å². The number of nitrogens with zero attached hydrogens (tertiary/aromatic N) is 4. The normalized spacial score (nSPS) is 15.6. The molecule has 0 atom stereocenters. The van der Waals surface area contributed by atoms with Gasteiger partial charge in [0.2, 0.25) is 6.79 Å². The fraction of sp³-hybridized carbons (Fsp3) is 0.304. The number of pyridine rings is 1. The van der Waals surface area contributed by atoms with Crippen LogP contribution in [0.5, 0.6) is 11.5 Å². The van der Waals surface area contributed by atoms with Gasteiger partial charge in [0.1, 0.15) is 5.56 Å². The Labute approximate surface area is 189 Å². The highest BCUT2D eigenvalue weighted by Crippen LogP contribution is 2.32. The van der Waals surface area contributed by atoms with E-state index in [4.69, 9.17) is 9.47 Å². The van der Waals surface area contributed by atoms with E-state index in [1.807, 2.05) is 18.2 Å². The van der Waals surface area contributed by atoms with E-state index in [-0.39, 0.29) is 24.8 Å². The van der Waals surface area contributed by atoms with Crippen molar-refractivity contribution in [3.05, 3.63) is 86.5 Å². The van der Waals surface area contributed by atoms with Crippen molar-refractivity contribution in [3.8, 4) is 11.5 Å². The molecule has 0 unspecified atom stereocenters. The first kappa shape index (κ1) is 21.0. The largest absolute Gasteiger partial charge is 0.454 e. The Morgan fingerprint density at radius 1 is 1.00 bits per heavy atom. The molecular weight excluding hydrogens is 426 g/mol. The van der Waals surface area contributed by atoms with Gasteiger partial charge in [-0.1, -0.05) is 12.1 Å². The van der Waals surface area contributed by atoms with Gasteiger partial charge < -0.3 is 19.4 Å². The first-order valence-corrected chi connectivity index (χ1v) is 10.7. The van der Waals surface area contributed by atoms with E-state index in [1.165, 1.54) is 6.20 Å². The van der Waals surface area contributed by atoms with Crippen LogP contribution in [0, 0.1) is 0 Å². The van der Waals surface area contributed by atoms with Gasteiger partial charge in [0.25, 0.3) is 11.5 Å². The van der Waals surface area contributed by atoms with Gasteiger partial charge in [0.15, 0.2) is 11.5 Å². The molecule has 4 heterocycles. The topological polar surface area (TPSA) is 110 Å². The maximum Gasteiger partial charge on any atom is 0.328 e. The molecule has 2 aliphatic heterocycles. The van der Waals surface area contributed by atoms with Gasteiger partial charge in [-0.3, -0.25) is 24.0 Å². The Morgan fingerprint density at radius 3 is 2.61 bits per heavy atom. The number of nitrogens with one attached hydrogen (secondary N) is 1. The molecule has 10 nitrogen and oxygen atoms in total. The Kier molecular flexibility index (Phi) is 5.66. The Morgan fingerprint density at radius 2 is 1.82 bits per heavy atom. The molecule has 0 radical (unpaired) electrons. The van der Waals surface area contributed by atoms with Crippen LogP contribution in [0.25, 0.3) is 0 Å². The van der Waals surface area contributed by atoms with Crippen molar-refractivity contribution >= 4 is 5.91 Å². The number of benzene rings is 1. The van der Waals surface area contributed by atoms with Crippen LogP contribution in [0.4, 0.5) is 0 Å². The van der Waals surface area contributed by atoms with Gasteiger partial charge in [-0.2, -0.15) is 0 Å². The van der Waals surface area contributed by atoms with E-state index in [0.717, 1.165) is 28.2 Å². The first-order chi connectivity index (χ1) is 16.1. The number of rotatable bonds is 5. The minimum atomic E-state index is -0.614. The Balaban J connectivity index is 1.25. The SMILES string of the molecule is O=C(c1c[nH]c(=O)n(Cc2ccccn2)c1=O)N1CCN(Cc2ccc3c(c2)OCO3)CC1. The molecule has 1 aromatic carbocycles. The maximum absolute atomic E-state index is 13.1. The van der Waals surface area contributed by atoms with Crippen LogP contribution >= 0.6 is 0 Å². The zero-order valence-corrected chi connectivity index (χ0v) is 17.9. The van der Waals surface area contributed by atoms with E-state index in [2.05, 4.69) is 14.9 Å². The van der Waals surface area contributed by atoms with Crippen LogP contribution < -0.4 is 20.7 Å². The Bertz CT molecular complexity index is 1280. The molecular formula is C23H23N5O5. The molecule has 170 valence electrons. The van der Waals surface area contributed by atoms with Gasteiger partial charge in [-0.15, -0.1) is 0 Å². The fourth-order valence-electron chi connectivity index (χ4n) is 4.04. The smallest absolute Gasteiger partial charge is 0.328 e. The second-order valence-electron chi connectivity index (χ2n) is 7.98. The number of hydrogen-bond acceptors (Lipinski definition) is 7. The van der Waals surface area contributed by atoms with Crippen molar-refractivity contribution in [2.45, 2.75) is 13.1 Å². The summed E-state index contributed by atoms with van der Waals surface area (Å²) >= 11 is 0. The molecule has 2 aliphatic rings. The monoisotopic (exact) mass is 449 g/mol. The molecule has 0 spiro atoms. The lowest BCUT2D eigenvalue weighted by molar-refractivity contribution is 0.0625. The van der Waals surface area contributed by atoms with Gasteiger partial charge in [0.05, 0.1) is 12.2 Å². The summed E-state index contributed by atoms with van der Waals surface area (Å²) in [6.45, 7) is 3.29. The predicted molar refractivity (Wildman–Crippen MR) is 118 cm³/mol. The van der Waals surface area contributed by atoms with Crippen molar-refractivity contribution in [1.29, 1.82) is 0 Å². The van der Waals surface area contributed by atoms with Crippen molar-refractivity contribution < 1.29 is 14.3 Å². The van der Waals surface area contributed by atoms with Crippen LogP contribution in [0.15, 0.2) is 58.4 Å². The molecule has 33 heavy (non-hydrogen) atoms. The molecule has 0 bridgehead atoms. The van der Waals surface area contributed by atoms with Crippen LogP contribution in [0.1, 0.15) is 21.6 Å². The zero-order valence-electron chi connectivity index (χ0n) is 17.9. The van der Waals surface area contributed by atoms with Crippen molar-refractivity contribution in [3.63, 3.8) is 0 Å². The van der Waals surface area contributed by atoms with Crippen LogP contribution in [0.2, 0.25) is 0 Å². The molecule has 0 saturated carbocycles. The molecule has 10 heteroatoms. The number of H-pyrrole nitrogens is 1. The third-order valence-corrected chi connectivity index (χ3v) is 5.84. The van der Waals surface area contributed by atoms with Crippen molar-refractivity contribution in [2.24, 2.45) is 0 Å². The zero-order chi connectivity index (χ0) is 22.8. The molecule has 1 saturated heterocycles. The highest BCUT2D eigenvalue weighted by molar-refractivity contribution is 5.93. The number of hydrogen-bond donors (Lipinski definition) is 1. The quantitative estimate of drug-likeness (QED) is 0.610. The molecule has 5 rings (SSSR count). The molecule has 1 amide bonds. The summed E-state index contributed by atoms with van der Waals surface area (Å²) in [4.78, 5) is 48.7. The molecule has 0 aliphatic carbocycles. The summed E-state index contributed by atoms with van der Waals surface area (Å²) in [6, 6.07) is 11.1. The number of fused-ring (bicyclic) bond motifs is 1. The minimum absolute atomic E-state index is 0.000559. The van der Waals surface area contributed by atoms with Crippen LogP contribution in [0.3, 0.4) is 0 Å². The molecule has 2 aromatic heterocycles. The number of carbonyl (C=O) groups excluding carboxylic acids is 1. The lowest BCUT2D eigenvalue weighted by atomic mass is 10.1. The number of amides is 1. The second-order valence-corrected chi connectivity index (χ2v) is 7.98. The van der Waals surface area contributed by atoms with Gasteiger partial charge in [-0.05, 0) is 29.8 Å². The third-order valence-electron chi connectivity index (χ3n) is 5.84. The average Bonchev–Trinajstić information content (AvgIpc) is 3.31. The highest BCUT2D eigenvalue weighted by Gasteiger charge is 2.25. The molecule has 3 aromatic rings. The summed E-state index contributed by atoms with van der Waals surface area (Å²) < 4.78 is 11.8. The first-order valence-electron chi connectivity index (χ1n) is 10.7. The second kappa shape index (κ2) is 8.91. The van der Waals surface area contributed by atoms with Crippen LogP contribution in [-0.2, 0) is 13.1 Å². The summed E-state index contributed by atoms with van der Waals surface area (Å²) in [5.41, 5.74) is 0.437. The van der Waals surface area contributed by atoms with E-state index in [9.17, 15) is 14.4 Å². The third kappa shape index (κ3) is 4.37. The lowest BCUT2D eigenvalue weighted by Crippen LogP contribution is -2.50. The molecule has 1 fully saturated rings. The number of aromatic amines is 1. The summed E-state index contributed by atoms with van der Waals surface area (Å²) in [6.07, 6.45) is 2.80. The van der Waals surface area contributed by atoms with Gasteiger partial charge in [0, 0.05) is 45.1 Å². The highest BCUT2D eigenvalue weighted by atomic mass is 16.7. The number of carbonyl (C=O) groups is 1. The summed E-state index contributed by atoms with van der Waals surface area (Å²) in [5.74, 6) is 1.12. The molecule has 1 N–H and O–H groups in total. The summed E-state index contributed by atoms with van der Waals surface area (Å²) in [7, 11) is 0. The number of ether oxygens (including phenoxy) is 2. The number of piperazine rings is 1. The maximum atomic E-state index is 13.1. The van der Waals surface area contributed by atoms with Crippen molar-refractivity contribution in [2.75, 3.05) is 33.0 Å². The minimum Gasteiger partial charge on any atom is -0.454 e. The van der Waals surface area contributed by atoms with E-state index >= 15 is 0 Å². The standard InChI is InChI=1S/C23H23N5O5/c29-21(18-12-25-23(31)28(22(18)30)14-17-3-1-2-6-24-17)27-9-7-26(8-10-27)13-16-4-5-19-20(11-16)33-15-32-19/h1-6,11-12H,7-10,13-15H2,(H,25,31). The van der Waals surface area contributed by atoms with Crippen molar-refractivity contribution in [1.82, 2.24) is 24.3 Å². The van der Waals surface area contributed by atoms with E-state index in [1.54, 1.807) is 29.3 Å². The fourth-order valence-corrected chi connectivity index (χ4v) is 4.04.